The Labute approximate surface area is 189 Å². The van der Waals surface area contributed by atoms with Crippen LogP contribution in [0.4, 0.5) is 5.82 Å². The van der Waals surface area contributed by atoms with Crippen LogP contribution in [0.25, 0.3) is 0 Å². The van der Waals surface area contributed by atoms with E-state index in [9.17, 15) is 20.0 Å². The average Bonchev–Trinajstić information content (AvgIpc) is 2.98. The van der Waals surface area contributed by atoms with Crippen molar-refractivity contribution in [3.63, 3.8) is 0 Å². The molecule has 1 fully saturated rings. The van der Waals surface area contributed by atoms with Crippen LogP contribution in [0.2, 0.25) is 0 Å². The molecule has 1 aromatic heterocycles. The maximum Gasteiger partial charge on any atom is 0.239 e. The van der Waals surface area contributed by atoms with Gasteiger partial charge in [0.2, 0.25) is 11.8 Å². The first kappa shape index (κ1) is 23.5. The van der Waals surface area contributed by atoms with Gasteiger partial charge in [0.25, 0.3) is 0 Å². The Morgan fingerprint density at radius 3 is 2.47 bits per heavy atom. The number of nitriles is 1. The van der Waals surface area contributed by atoms with E-state index < -0.39 is 0 Å². The van der Waals surface area contributed by atoms with Crippen molar-refractivity contribution in [2.45, 2.75) is 39.3 Å². The fraction of sp³-hybridized carbons (Fsp3) is 0.458. The number of hydrogen-bond acceptors (Lipinski definition) is 5. The van der Waals surface area contributed by atoms with Gasteiger partial charge < -0.3 is 19.9 Å². The van der Waals surface area contributed by atoms with E-state index in [2.05, 4.69) is 11.4 Å². The van der Waals surface area contributed by atoms with E-state index in [4.69, 9.17) is 0 Å². The topological polar surface area (TPSA) is 102 Å². The number of amides is 2. The van der Waals surface area contributed by atoms with Crippen molar-refractivity contribution in [2.75, 3.05) is 38.5 Å². The van der Waals surface area contributed by atoms with Gasteiger partial charge in [-0.1, -0.05) is 30.3 Å². The number of nitrogens with one attached hydrogen (secondary N) is 1. The maximum absolute atomic E-state index is 12.8. The molecule has 8 nitrogen and oxygen atoms in total. The van der Waals surface area contributed by atoms with E-state index in [0.717, 1.165) is 16.8 Å². The molecule has 3 rings (SSSR count). The van der Waals surface area contributed by atoms with Gasteiger partial charge in [0.05, 0.1) is 24.8 Å². The second-order valence-corrected chi connectivity index (χ2v) is 8.45. The van der Waals surface area contributed by atoms with Crippen molar-refractivity contribution in [1.82, 2.24) is 14.4 Å². The fourth-order valence-corrected chi connectivity index (χ4v) is 4.01. The lowest BCUT2D eigenvalue weighted by Crippen LogP contribution is -2.45. The third kappa shape index (κ3) is 5.55. The van der Waals surface area contributed by atoms with E-state index in [1.165, 1.54) is 0 Å². The molecule has 0 saturated carbocycles. The number of aliphatic hydroxyl groups excluding tert-OH is 1. The summed E-state index contributed by atoms with van der Waals surface area (Å²) >= 11 is 0. The van der Waals surface area contributed by atoms with E-state index in [-0.39, 0.29) is 31.0 Å². The van der Waals surface area contributed by atoms with Gasteiger partial charge in [-0.15, -0.1) is 0 Å². The predicted molar refractivity (Wildman–Crippen MR) is 122 cm³/mol. The summed E-state index contributed by atoms with van der Waals surface area (Å²) in [7, 11) is 1.72. The summed E-state index contributed by atoms with van der Waals surface area (Å²) in [6, 6.07) is 12.1. The summed E-state index contributed by atoms with van der Waals surface area (Å²) in [5, 5.41) is 22.2. The van der Waals surface area contributed by atoms with Gasteiger partial charge >= 0.3 is 0 Å². The molecule has 8 heteroatoms. The number of carbonyl (C=O) groups is 2. The summed E-state index contributed by atoms with van der Waals surface area (Å²) in [5.41, 5.74) is 3.29. The van der Waals surface area contributed by atoms with Gasteiger partial charge in [-0.2, -0.15) is 5.26 Å². The standard InChI is InChI=1S/C24H31N5O3/c1-17-18(2)29(14-19-7-5-4-6-8-19)24(21(17)13-25)26-22(31)15-27(3)16-23(32)28-11-9-20(30)10-12-28/h4-8,20,30H,9-12,14-16H2,1-3H3,(H,26,31). The van der Waals surface area contributed by atoms with Crippen LogP contribution in [-0.4, -0.2) is 70.6 Å². The molecule has 1 aliphatic rings. The van der Waals surface area contributed by atoms with Gasteiger partial charge in [0.1, 0.15) is 11.9 Å². The van der Waals surface area contributed by atoms with Crippen LogP contribution in [0.3, 0.4) is 0 Å². The molecular formula is C24H31N5O3. The highest BCUT2D eigenvalue weighted by atomic mass is 16.3. The number of likely N-dealkylation sites (N-methyl/N-ethyl adjacent to an activating group) is 1. The van der Waals surface area contributed by atoms with Crippen molar-refractivity contribution < 1.29 is 14.7 Å². The monoisotopic (exact) mass is 437 g/mol. The summed E-state index contributed by atoms with van der Waals surface area (Å²) in [5.74, 6) is 0.155. The first-order valence-electron chi connectivity index (χ1n) is 10.9. The van der Waals surface area contributed by atoms with Crippen LogP contribution in [0, 0.1) is 25.2 Å². The van der Waals surface area contributed by atoms with Crippen LogP contribution >= 0.6 is 0 Å². The summed E-state index contributed by atoms with van der Waals surface area (Å²) in [6.07, 6.45) is 0.837. The van der Waals surface area contributed by atoms with Crippen LogP contribution in [-0.2, 0) is 16.1 Å². The average molecular weight is 438 g/mol. The number of nitrogens with zero attached hydrogens (tertiary/aromatic N) is 4. The highest BCUT2D eigenvalue weighted by Gasteiger charge is 2.24. The number of aromatic nitrogens is 1. The van der Waals surface area contributed by atoms with E-state index in [0.29, 0.717) is 43.9 Å². The van der Waals surface area contributed by atoms with Gasteiger partial charge in [0, 0.05) is 25.3 Å². The number of aliphatic hydroxyl groups is 1. The third-order valence-corrected chi connectivity index (χ3v) is 6.02. The first-order chi connectivity index (χ1) is 15.3. The molecule has 2 N–H and O–H groups in total. The predicted octanol–water partition coefficient (Wildman–Crippen LogP) is 1.88. The lowest BCUT2D eigenvalue weighted by atomic mass is 10.1. The number of benzene rings is 1. The summed E-state index contributed by atoms with van der Waals surface area (Å²) in [6.45, 7) is 5.59. The largest absolute Gasteiger partial charge is 0.393 e. The Morgan fingerprint density at radius 1 is 1.19 bits per heavy atom. The molecule has 2 amide bonds. The van der Waals surface area contributed by atoms with Crippen molar-refractivity contribution in [2.24, 2.45) is 0 Å². The first-order valence-corrected chi connectivity index (χ1v) is 10.9. The Hall–Kier alpha value is -3.15. The van der Waals surface area contributed by atoms with E-state index in [1.807, 2.05) is 48.7 Å². The van der Waals surface area contributed by atoms with Gasteiger partial charge in [-0.05, 0) is 44.9 Å². The SMILES string of the molecule is Cc1c(C#N)c(NC(=O)CN(C)CC(=O)N2CCC(O)CC2)n(Cc2ccccc2)c1C. The number of piperidine rings is 1. The lowest BCUT2D eigenvalue weighted by Gasteiger charge is -2.30. The van der Waals surface area contributed by atoms with Crippen molar-refractivity contribution in [1.29, 1.82) is 5.26 Å². The fourth-order valence-electron chi connectivity index (χ4n) is 4.01. The van der Waals surface area contributed by atoms with Crippen LogP contribution < -0.4 is 5.32 Å². The van der Waals surface area contributed by atoms with Gasteiger partial charge in [-0.3, -0.25) is 14.5 Å². The molecule has 0 bridgehead atoms. The minimum absolute atomic E-state index is 0.0295. The van der Waals surface area contributed by atoms with Crippen molar-refractivity contribution in [3.05, 3.63) is 52.7 Å². The molecule has 0 aliphatic carbocycles. The van der Waals surface area contributed by atoms with Crippen molar-refractivity contribution in [3.8, 4) is 6.07 Å². The molecule has 0 spiro atoms. The Morgan fingerprint density at radius 2 is 1.84 bits per heavy atom. The molecule has 0 radical (unpaired) electrons. The second-order valence-electron chi connectivity index (χ2n) is 8.45. The van der Waals surface area contributed by atoms with Crippen LogP contribution in [0.1, 0.15) is 35.2 Å². The highest BCUT2D eigenvalue weighted by molar-refractivity contribution is 5.93. The maximum atomic E-state index is 12.8. The number of rotatable bonds is 7. The summed E-state index contributed by atoms with van der Waals surface area (Å²) < 4.78 is 1.95. The van der Waals surface area contributed by atoms with Gasteiger partial charge in [-0.25, -0.2) is 0 Å². The molecule has 1 aliphatic heterocycles. The molecule has 170 valence electrons. The molecule has 2 aromatic rings. The lowest BCUT2D eigenvalue weighted by molar-refractivity contribution is -0.134. The quantitative estimate of drug-likeness (QED) is 0.689. The minimum Gasteiger partial charge on any atom is -0.393 e. The number of hydrogen-bond donors (Lipinski definition) is 2. The molecule has 1 aromatic carbocycles. The molecular weight excluding hydrogens is 406 g/mol. The highest BCUT2D eigenvalue weighted by Crippen LogP contribution is 2.27. The Bertz CT molecular complexity index is 1000. The zero-order chi connectivity index (χ0) is 23.3. The van der Waals surface area contributed by atoms with E-state index >= 15 is 0 Å². The Kier molecular flexibility index (Phi) is 7.67. The summed E-state index contributed by atoms with van der Waals surface area (Å²) in [4.78, 5) is 28.7. The zero-order valence-corrected chi connectivity index (χ0v) is 19.0. The molecule has 0 unspecified atom stereocenters. The number of likely N-dealkylation sites (tertiary alicyclic amines) is 1. The normalized spacial score (nSPS) is 14.4. The number of carbonyl (C=O) groups excluding carboxylic acids is 2. The third-order valence-electron chi connectivity index (χ3n) is 6.02. The number of anilines is 1. The van der Waals surface area contributed by atoms with Crippen LogP contribution in [0.5, 0.6) is 0 Å². The second kappa shape index (κ2) is 10.4. The van der Waals surface area contributed by atoms with Gasteiger partial charge in [0.15, 0.2) is 0 Å². The Balaban J connectivity index is 1.67. The molecule has 0 atom stereocenters. The zero-order valence-electron chi connectivity index (χ0n) is 19.0. The molecule has 1 saturated heterocycles. The molecule has 32 heavy (non-hydrogen) atoms. The smallest absolute Gasteiger partial charge is 0.239 e. The minimum atomic E-state index is -0.337. The molecule has 2 heterocycles. The van der Waals surface area contributed by atoms with E-state index in [1.54, 1.807) is 16.8 Å². The van der Waals surface area contributed by atoms with Crippen molar-refractivity contribution >= 4 is 17.6 Å². The van der Waals surface area contributed by atoms with Crippen LogP contribution in [0.15, 0.2) is 30.3 Å².